The lowest BCUT2D eigenvalue weighted by Crippen LogP contribution is -2.29. The fourth-order valence-corrected chi connectivity index (χ4v) is 4.53. The van der Waals surface area contributed by atoms with E-state index in [1.165, 1.54) is 35.2 Å². The number of nitrogens with two attached hydrogens (primary N) is 1. The van der Waals surface area contributed by atoms with Crippen LogP contribution < -0.4 is 20.1 Å². The second-order valence-electron chi connectivity index (χ2n) is 8.49. The smallest absolute Gasteiger partial charge is 0.406 e. The van der Waals surface area contributed by atoms with Crippen LogP contribution in [0.3, 0.4) is 0 Å². The van der Waals surface area contributed by atoms with Gasteiger partial charge >= 0.3 is 6.36 Å². The van der Waals surface area contributed by atoms with Crippen LogP contribution in [0, 0.1) is 0 Å². The summed E-state index contributed by atoms with van der Waals surface area (Å²) in [7, 11) is -4.05. The lowest BCUT2D eigenvalue weighted by Gasteiger charge is -2.24. The molecule has 0 saturated carbocycles. The van der Waals surface area contributed by atoms with E-state index in [1.54, 1.807) is 0 Å². The number of anilines is 2. The summed E-state index contributed by atoms with van der Waals surface area (Å²) in [6.07, 6.45) is -5.69. The van der Waals surface area contributed by atoms with Crippen LogP contribution in [0.25, 0.3) is 10.9 Å². The van der Waals surface area contributed by atoms with Crippen molar-refractivity contribution in [1.82, 2.24) is 4.98 Å². The van der Waals surface area contributed by atoms with Crippen LogP contribution in [0.1, 0.15) is 29.6 Å². The minimum absolute atomic E-state index is 0.00513. The lowest BCUT2D eigenvalue weighted by atomic mass is 10.1. The number of aromatic nitrogens is 1. The molecule has 8 nitrogen and oxygen atoms in total. The van der Waals surface area contributed by atoms with Gasteiger partial charge in [0.1, 0.15) is 11.6 Å². The molecule has 2 heterocycles. The van der Waals surface area contributed by atoms with Crippen molar-refractivity contribution in [2.75, 3.05) is 23.3 Å². The predicted molar refractivity (Wildman–Crippen MR) is 125 cm³/mol. The number of halogens is 5. The summed E-state index contributed by atoms with van der Waals surface area (Å²) < 4.78 is 93.3. The Labute approximate surface area is 208 Å². The number of alkyl halides is 5. The highest BCUT2D eigenvalue weighted by Gasteiger charge is 2.34. The maximum atomic E-state index is 14.0. The molecule has 1 aliphatic rings. The fraction of sp³-hybridized carbons (Fsp3) is 0.304. The van der Waals surface area contributed by atoms with Crippen molar-refractivity contribution >= 4 is 38.3 Å². The first-order chi connectivity index (χ1) is 17.2. The highest BCUT2D eigenvalue weighted by molar-refractivity contribution is 7.89. The summed E-state index contributed by atoms with van der Waals surface area (Å²) in [5.41, 5.74) is 0.114. The van der Waals surface area contributed by atoms with Gasteiger partial charge in [0.25, 0.3) is 5.91 Å². The fourth-order valence-electron chi connectivity index (χ4n) is 3.97. The number of pyridine rings is 1. The Morgan fingerprint density at radius 2 is 1.84 bits per heavy atom. The summed E-state index contributed by atoms with van der Waals surface area (Å²) in [5, 5.41) is 7.98. The SMILES string of the molecule is NS(=O)(=O)c1cccc(NC(=O)c2cc3ccc(OC(F)(F)F)cc3nc2N2CCCC(F)(F)CC2)c1. The number of hydrogen-bond donors (Lipinski definition) is 2. The highest BCUT2D eigenvalue weighted by atomic mass is 32.2. The van der Waals surface area contributed by atoms with Crippen molar-refractivity contribution in [2.24, 2.45) is 5.14 Å². The van der Waals surface area contributed by atoms with Crippen molar-refractivity contribution in [3.8, 4) is 5.75 Å². The standard InChI is InChI=1S/C23H21F5N4O4S/c24-22(25)7-2-9-32(10-8-22)20-18(21(33)30-15-3-1-4-17(12-15)37(29,34)35)11-14-5-6-16(13-19(14)31-20)36-23(26,27)28/h1,3-6,11-13H,2,7-10H2,(H,30,33)(H2,29,34,35). The molecule has 0 spiro atoms. The van der Waals surface area contributed by atoms with Crippen molar-refractivity contribution < 1.29 is 39.9 Å². The van der Waals surface area contributed by atoms with Gasteiger partial charge in [0.05, 0.1) is 16.0 Å². The maximum Gasteiger partial charge on any atom is 0.573 e. The van der Waals surface area contributed by atoms with Crippen LogP contribution in [-0.2, 0) is 10.0 Å². The minimum Gasteiger partial charge on any atom is -0.406 e. The Hall–Kier alpha value is -3.52. The van der Waals surface area contributed by atoms with Gasteiger partial charge in [-0.05, 0) is 42.8 Å². The van der Waals surface area contributed by atoms with E-state index in [0.717, 1.165) is 18.2 Å². The first-order valence-electron chi connectivity index (χ1n) is 11.0. The summed E-state index contributed by atoms with van der Waals surface area (Å²) in [6, 6.07) is 9.93. The number of carbonyl (C=O) groups excluding carboxylic acids is 1. The second kappa shape index (κ2) is 9.74. The molecule has 1 aromatic heterocycles. The van der Waals surface area contributed by atoms with Crippen molar-refractivity contribution in [2.45, 2.75) is 36.4 Å². The molecule has 4 rings (SSSR count). The summed E-state index contributed by atoms with van der Waals surface area (Å²) in [6.45, 7) is -0.0144. The molecule has 1 fully saturated rings. The number of nitrogens with one attached hydrogen (secondary N) is 1. The van der Waals surface area contributed by atoms with Gasteiger partial charge in [-0.3, -0.25) is 4.79 Å². The van der Waals surface area contributed by atoms with E-state index in [9.17, 15) is 35.2 Å². The Bertz CT molecular complexity index is 1450. The van der Waals surface area contributed by atoms with Crippen molar-refractivity contribution in [1.29, 1.82) is 0 Å². The molecule has 0 bridgehead atoms. The zero-order valence-corrected chi connectivity index (χ0v) is 19.9. The number of nitrogens with zero attached hydrogens (tertiary/aromatic N) is 2. The summed E-state index contributed by atoms with van der Waals surface area (Å²) >= 11 is 0. The molecule has 14 heteroatoms. The Morgan fingerprint density at radius 3 is 2.54 bits per heavy atom. The molecule has 0 radical (unpaired) electrons. The average Bonchev–Trinajstić information content (AvgIpc) is 2.97. The van der Waals surface area contributed by atoms with Gasteiger partial charge in [0.15, 0.2) is 0 Å². The molecule has 1 saturated heterocycles. The second-order valence-corrected chi connectivity index (χ2v) is 10.0. The number of benzene rings is 2. The van der Waals surface area contributed by atoms with E-state index in [1.807, 2.05) is 0 Å². The zero-order valence-electron chi connectivity index (χ0n) is 19.1. The molecule has 198 valence electrons. The Balaban J connectivity index is 1.76. The number of sulfonamides is 1. The average molecular weight is 545 g/mol. The lowest BCUT2D eigenvalue weighted by molar-refractivity contribution is -0.274. The van der Waals surface area contributed by atoms with Crippen LogP contribution >= 0.6 is 0 Å². The van der Waals surface area contributed by atoms with E-state index in [4.69, 9.17) is 5.14 Å². The predicted octanol–water partition coefficient (Wildman–Crippen LogP) is 4.66. The molecular weight excluding hydrogens is 523 g/mol. The van der Waals surface area contributed by atoms with Crippen LogP contribution in [0.2, 0.25) is 0 Å². The number of rotatable bonds is 5. The van der Waals surface area contributed by atoms with Gasteiger partial charge in [0.2, 0.25) is 15.9 Å². The number of hydrogen-bond acceptors (Lipinski definition) is 6. The molecule has 3 aromatic rings. The third kappa shape index (κ3) is 6.63. The summed E-state index contributed by atoms with van der Waals surface area (Å²) in [4.78, 5) is 18.9. The number of fused-ring (bicyclic) bond motifs is 1. The van der Waals surface area contributed by atoms with E-state index >= 15 is 0 Å². The highest BCUT2D eigenvalue weighted by Crippen LogP contribution is 2.33. The first-order valence-corrected chi connectivity index (χ1v) is 12.5. The van der Waals surface area contributed by atoms with Gasteiger partial charge in [0, 0.05) is 43.1 Å². The number of amides is 1. The molecule has 37 heavy (non-hydrogen) atoms. The first kappa shape index (κ1) is 26.5. The number of primary sulfonamides is 1. The van der Waals surface area contributed by atoms with Gasteiger partial charge < -0.3 is 15.0 Å². The molecule has 1 amide bonds. The van der Waals surface area contributed by atoms with Gasteiger partial charge in [-0.15, -0.1) is 13.2 Å². The third-order valence-electron chi connectivity index (χ3n) is 5.69. The topological polar surface area (TPSA) is 115 Å². The third-order valence-corrected chi connectivity index (χ3v) is 6.60. The van der Waals surface area contributed by atoms with E-state index < -0.39 is 40.4 Å². The Morgan fingerprint density at radius 1 is 1.08 bits per heavy atom. The quantitative estimate of drug-likeness (QED) is 0.452. The normalized spacial score (nSPS) is 16.3. The van der Waals surface area contributed by atoms with Crippen LogP contribution in [0.5, 0.6) is 5.75 Å². The molecule has 0 aliphatic carbocycles. The van der Waals surface area contributed by atoms with E-state index in [2.05, 4.69) is 15.0 Å². The van der Waals surface area contributed by atoms with Crippen molar-refractivity contribution in [3.05, 3.63) is 54.1 Å². The molecule has 0 atom stereocenters. The zero-order chi connectivity index (χ0) is 27.0. The van der Waals surface area contributed by atoms with Crippen LogP contribution in [0.15, 0.2) is 53.4 Å². The van der Waals surface area contributed by atoms with E-state index in [0.29, 0.717) is 5.39 Å². The molecule has 0 unspecified atom stereocenters. The molecular formula is C23H21F5N4O4S. The van der Waals surface area contributed by atoms with Crippen molar-refractivity contribution in [3.63, 3.8) is 0 Å². The van der Waals surface area contributed by atoms with Gasteiger partial charge in [-0.2, -0.15) is 0 Å². The molecule has 1 aliphatic heterocycles. The molecule has 3 N–H and O–H groups in total. The number of carbonyl (C=O) groups is 1. The maximum absolute atomic E-state index is 14.0. The van der Waals surface area contributed by atoms with Gasteiger partial charge in [-0.25, -0.2) is 27.3 Å². The van der Waals surface area contributed by atoms with Gasteiger partial charge in [-0.1, -0.05) is 6.07 Å². The number of ether oxygens (including phenoxy) is 1. The minimum atomic E-state index is -4.93. The van der Waals surface area contributed by atoms with E-state index in [-0.39, 0.29) is 53.4 Å². The van der Waals surface area contributed by atoms with Crippen LogP contribution in [0.4, 0.5) is 33.5 Å². The monoisotopic (exact) mass is 544 g/mol. The van der Waals surface area contributed by atoms with Crippen LogP contribution in [-0.4, -0.2) is 44.7 Å². The largest absolute Gasteiger partial charge is 0.573 e. The summed E-state index contributed by atoms with van der Waals surface area (Å²) in [5.74, 6) is -4.18. The Kier molecular flexibility index (Phi) is 6.99. The molecule has 2 aromatic carbocycles.